The molecule has 6 amide bonds. The molecule has 2 bridgehead atoms. The normalized spacial score (nSPS) is 25.5. The summed E-state index contributed by atoms with van der Waals surface area (Å²) in [7, 11) is -3.38. The minimum atomic E-state index is -3.38. The van der Waals surface area contributed by atoms with Gasteiger partial charge >= 0.3 is 0 Å². The SMILES string of the molecule is CS(=O)(=O)c1ccc(Nc2nc(N3CCC[C@@H](NC(=O)C4CC5CCC(C4)N5CC4CCN(c5ccc6c(c5)C(=O)N(C5CCC(=O)NC5=O)C6=O)CC4)C3)cnc2C(N)=O)cc1. The molecule has 1 aromatic heterocycles. The van der Waals surface area contributed by atoms with Crippen molar-refractivity contribution in [2.24, 2.45) is 17.6 Å². The van der Waals surface area contributed by atoms with E-state index in [1.807, 2.05) is 11.0 Å². The predicted molar refractivity (Wildman–Crippen MR) is 231 cm³/mol. The van der Waals surface area contributed by atoms with E-state index in [4.69, 9.17) is 10.7 Å². The van der Waals surface area contributed by atoms with Crippen molar-refractivity contribution in [1.29, 1.82) is 0 Å². The van der Waals surface area contributed by atoms with Crippen LogP contribution in [0, 0.1) is 11.8 Å². The third kappa shape index (κ3) is 8.59. The first-order chi connectivity index (χ1) is 30.2. The number of hydrogen-bond donors (Lipinski definition) is 4. The van der Waals surface area contributed by atoms with Gasteiger partial charge in [-0.15, -0.1) is 0 Å². The average molecular weight is 881 g/mol. The number of anilines is 4. The Labute approximate surface area is 365 Å². The second-order valence-electron chi connectivity index (χ2n) is 17.9. The van der Waals surface area contributed by atoms with Crippen LogP contribution >= 0.6 is 0 Å². The second kappa shape index (κ2) is 17.0. The van der Waals surface area contributed by atoms with Gasteiger partial charge in [0.15, 0.2) is 21.3 Å². The summed E-state index contributed by atoms with van der Waals surface area (Å²) in [6.07, 6.45) is 10.3. The van der Waals surface area contributed by atoms with Gasteiger partial charge in [-0.2, -0.15) is 0 Å². The summed E-state index contributed by atoms with van der Waals surface area (Å²) >= 11 is 0. The van der Waals surface area contributed by atoms with Gasteiger partial charge in [0.25, 0.3) is 17.7 Å². The minimum absolute atomic E-state index is 0.0459. The van der Waals surface area contributed by atoms with Crippen LogP contribution in [0.4, 0.5) is 23.0 Å². The number of amides is 6. The third-order valence-electron chi connectivity index (χ3n) is 13.8. The quantitative estimate of drug-likeness (QED) is 0.203. The molecule has 0 saturated carbocycles. The number of carbonyl (C=O) groups is 6. The molecule has 63 heavy (non-hydrogen) atoms. The number of hydrogen-bond acceptors (Lipinski definition) is 14. The van der Waals surface area contributed by atoms with Crippen LogP contribution in [0.25, 0.3) is 0 Å². The van der Waals surface area contributed by atoms with Crippen LogP contribution in [-0.4, -0.2) is 127 Å². The number of rotatable bonds is 11. The highest BCUT2D eigenvalue weighted by atomic mass is 32.2. The number of nitrogens with one attached hydrogen (secondary N) is 3. The molecule has 5 fully saturated rings. The Bertz CT molecular complexity index is 2460. The van der Waals surface area contributed by atoms with Crippen molar-refractivity contribution in [3.8, 4) is 0 Å². The van der Waals surface area contributed by atoms with Crippen LogP contribution < -0.4 is 31.5 Å². The molecule has 0 aliphatic carbocycles. The number of fused-ring (bicyclic) bond motifs is 3. The lowest BCUT2D eigenvalue weighted by atomic mass is 9.87. The van der Waals surface area contributed by atoms with Gasteiger partial charge in [0, 0.05) is 80.8 Å². The zero-order chi connectivity index (χ0) is 44.2. The monoisotopic (exact) mass is 880 g/mol. The van der Waals surface area contributed by atoms with Gasteiger partial charge in [-0.25, -0.2) is 18.4 Å². The number of carbonyl (C=O) groups excluding carboxylic acids is 6. The second-order valence-corrected chi connectivity index (χ2v) is 19.9. The molecule has 19 heteroatoms. The molecule has 0 spiro atoms. The Morgan fingerprint density at radius 3 is 2.27 bits per heavy atom. The molecule has 6 aliphatic heterocycles. The maximum atomic E-state index is 13.8. The smallest absolute Gasteiger partial charge is 0.271 e. The van der Waals surface area contributed by atoms with Crippen LogP contribution in [-0.2, 0) is 24.2 Å². The lowest BCUT2D eigenvalue weighted by molar-refractivity contribution is -0.136. The van der Waals surface area contributed by atoms with E-state index in [0.29, 0.717) is 48.2 Å². The third-order valence-corrected chi connectivity index (χ3v) is 14.9. The Kier molecular flexibility index (Phi) is 11.4. The average Bonchev–Trinajstić information content (AvgIpc) is 3.63. The van der Waals surface area contributed by atoms with E-state index in [1.165, 1.54) is 18.3 Å². The highest BCUT2D eigenvalue weighted by molar-refractivity contribution is 7.90. The zero-order valence-electron chi connectivity index (χ0n) is 35.1. The number of primary amides is 1. The van der Waals surface area contributed by atoms with Crippen LogP contribution in [0.15, 0.2) is 53.6 Å². The van der Waals surface area contributed by atoms with Crippen molar-refractivity contribution in [3.63, 3.8) is 0 Å². The lowest BCUT2D eigenvalue weighted by Crippen LogP contribution is -2.54. The van der Waals surface area contributed by atoms with E-state index in [2.05, 4.69) is 30.7 Å². The van der Waals surface area contributed by atoms with Gasteiger partial charge in [-0.1, -0.05) is 0 Å². The fourth-order valence-electron chi connectivity index (χ4n) is 10.5. The minimum Gasteiger partial charge on any atom is -0.371 e. The molecule has 3 aromatic rings. The lowest BCUT2D eigenvalue weighted by Gasteiger charge is -2.42. The summed E-state index contributed by atoms with van der Waals surface area (Å²) in [4.78, 5) is 94.0. The number of nitrogens with zero attached hydrogens (tertiary/aromatic N) is 6. The Hall–Kier alpha value is -5.95. The van der Waals surface area contributed by atoms with Crippen molar-refractivity contribution in [2.75, 3.05) is 54.1 Å². The molecule has 4 atom stereocenters. The molecule has 5 N–H and O–H groups in total. The summed E-state index contributed by atoms with van der Waals surface area (Å²) in [5, 5.41) is 8.66. The highest BCUT2D eigenvalue weighted by Crippen LogP contribution is 2.41. The van der Waals surface area contributed by atoms with E-state index in [1.54, 1.807) is 24.3 Å². The van der Waals surface area contributed by atoms with Gasteiger partial charge in [-0.05, 0) is 106 Å². The first-order valence-electron chi connectivity index (χ1n) is 21.9. The van der Waals surface area contributed by atoms with Crippen molar-refractivity contribution in [2.45, 2.75) is 93.3 Å². The topological polar surface area (TPSA) is 237 Å². The summed E-state index contributed by atoms with van der Waals surface area (Å²) in [5.74, 6) is -1.56. The van der Waals surface area contributed by atoms with E-state index >= 15 is 0 Å². The molecule has 5 saturated heterocycles. The highest BCUT2D eigenvalue weighted by Gasteiger charge is 2.46. The first kappa shape index (κ1) is 42.4. The maximum absolute atomic E-state index is 13.8. The Morgan fingerprint density at radius 2 is 1.59 bits per heavy atom. The predicted octanol–water partition coefficient (Wildman–Crippen LogP) is 2.37. The fourth-order valence-corrected chi connectivity index (χ4v) is 11.1. The van der Waals surface area contributed by atoms with E-state index in [0.717, 1.165) is 87.8 Å². The van der Waals surface area contributed by atoms with E-state index in [9.17, 15) is 37.2 Å². The number of aromatic nitrogens is 2. The molecule has 0 radical (unpaired) electrons. The molecule has 18 nitrogen and oxygen atoms in total. The fraction of sp³-hybridized carbons (Fsp3) is 0.500. The van der Waals surface area contributed by atoms with Crippen LogP contribution in [0.3, 0.4) is 0 Å². The summed E-state index contributed by atoms with van der Waals surface area (Å²) in [6.45, 7) is 3.85. The molecular formula is C44H52N10O8S. The largest absolute Gasteiger partial charge is 0.371 e. The van der Waals surface area contributed by atoms with E-state index in [-0.39, 0.29) is 52.7 Å². The van der Waals surface area contributed by atoms with Gasteiger partial charge in [0.05, 0.1) is 22.2 Å². The van der Waals surface area contributed by atoms with Crippen LogP contribution in [0.2, 0.25) is 0 Å². The zero-order valence-corrected chi connectivity index (χ0v) is 35.9. The first-order valence-corrected chi connectivity index (χ1v) is 23.7. The Morgan fingerprint density at radius 1 is 0.873 bits per heavy atom. The molecule has 9 rings (SSSR count). The van der Waals surface area contributed by atoms with E-state index < -0.39 is 45.4 Å². The standard InChI is InChI=1S/C44H52N10O8S/c1-63(61,62)32-9-4-27(5-10-32)47-40-38(39(45)56)46-22-36(49-40)52-16-2-3-28(24-52)48-41(57)26-19-30-6-7-31(20-26)53(30)23-25-14-17-51(18-15-25)29-8-11-33-34(21-29)44(60)54(43(33)59)35-12-13-37(55)50-42(35)58/h4-5,8-11,21-22,25-26,28,30-31,35H,2-3,6-7,12-20,23-24H2,1H3,(H2,45,56)(H,47,49)(H,48,57)(H,50,55,58)/t26?,28-,30?,31?,35?/m1/s1. The number of nitrogens with two attached hydrogens (primary N) is 1. The van der Waals surface area contributed by atoms with Gasteiger partial charge in [-0.3, -0.25) is 43.9 Å². The van der Waals surface area contributed by atoms with Gasteiger partial charge in [0.1, 0.15) is 11.9 Å². The van der Waals surface area contributed by atoms with Crippen LogP contribution in [0.1, 0.15) is 95.4 Å². The van der Waals surface area contributed by atoms with Crippen molar-refractivity contribution < 1.29 is 37.2 Å². The van der Waals surface area contributed by atoms with Gasteiger partial charge < -0.3 is 26.2 Å². The number of imide groups is 2. The molecule has 7 heterocycles. The van der Waals surface area contributed by atoms with Crippen molar-refractivity contribution in [1.82, 2.24) is 30.4 Å². The Balaban J connectivity index is 0.765. The molecule has 3 unspecified atom stereocenters. The number of piperidine rings is 4. The summed E-state index contributed by atoms with van der Waals surface area (Å²) in [5.41, 5.74) is 7.53. The molecule has 6 aliphatic rings. The van der Waals surface area contributed by atoms with Crippen molar-refractivity contribution >= 4 is 68.3 Å². The molecular weight excluding hydrogens is 829 g/mol. The number of sulfone groups is 1. The maximum Gasteiger partial charge on any atom is 0.271 e. The molecule has 2 aromatic carbocycles. The summed E-state index contributed by atoms with van der Waals surface area (Å²) in [6, 6.07) is 11.1. The van der Waals surface area contributed by atoms with Crippen LogP contribution in [0.5, 0.6) is 0 Å². The molecule has 332 valence electrons. The van der Waals surface area contributed by atoms with Gasteiger partial charge in [0.2, 0.25) is 17.7 Å². The van der Waals surface area contributed by atoms with Crippen molar-refractivity contribution in [3.05, 3.63) is 65.5 Å². The summed E-state index contributed by atoms with van der Waals surface area (Å²) < 4.78 is 23.8. The number of benzene rings is 2.